The summed E-state index contributed by atoms with van der Waals surface area (Å²) >= 11 is 0. The summed E-state index contributed by atoms with van der Waals surface area (Å²) in [6, 6.07) is 0. The molecule has 0 aliphatic heterocycles. The van der Waals surface area contributed by atoms with Crippen molar-refractivity contribution in [2.75, 3.05) is 0 Å². The fraction of sp³-hybridized carbons (Fsp3) is 0.357. The van der Waals surface area contributed by atoms with Crippen LogP contribution in [0.5, 0.6) is 0 Å². The first-order valence-electron chi connectivity index (χ1n) is 4.76. The highest BCUT2D eigenvalue weighted by molar-refractivity contribution is 4.89. The summed E-state index contributed by atoms with van der Waals surface area (Å²) < 4.78 is 0. The number of hydrogen-bond donors (Lipinski definition) is 0. The molecule has 0 saturated heterocycles. The summed E-state index contributed by atoms with van der Waals surface area (Å²) in [5.74, 6) is 0. The Kier molecular flexibility index (Phi) is 9.76. The number of allylic oxidation sites excluding steroid dienone is 1. The molecule has 0 N–H and O–H groups in total. The van der Waals surface area contributed by atoms with Gasteiger partial charge in [-0.05, 0) is 54.2 Å². The van der Waals surface area contributed by atoms with Gasteiger partial charge < -0.3 is 0 Å². The average Bonchev–Trinajstić information content (AvgIpc) is 2.21. The van der Waals surface area contributed by atoms with E-state index in [2.05, 4.69) is 53.6 Å². The zero-order valence-corrected chi connectivity index (χ0v) is 8.61. The standard InChI is InChI=1S/C14H14/c1-3-5-7-9-11-13-14-12-10-8-6-4-2/h12H,1,4,6,8,10H2,2H3. The van der Waals surface area contributed by atoms with Gasteiger partial charge in [-0.3, -0.25) is 0 Å². The molecule has 0 aromatic heterocycles. The normalized spacial score (nSPS) is 6.36. The molecule has 0 radical (unpaired) electrons. The van der Waals surface area contributed by atoms with Crippen LogP contribution in [-0.2, 0) is 0 Å². The van der Waals surface area contributed by atoms with Crippen LogP contribution < -0.4 is 0 Å². The molecule has 0 heterocycles. The molecular formula is C14H14. The second-order valence-corrected chi connectivity index (χ2v) is 2.65. The summed E-state index contributed by atoms with van der Waals surface area (Å²) in [5, 5.41) is 0. The van der Waals surface area contributed by atoms with Crippen LogP contribution in [-0.4, -0.2) is 0 Å². The minimum absolute atomic E-state index is 1.05. The van der Waals surface area contributed by atoms with Crippen LogP contribution in [0.3, 0.4) is 0 Å². The number of rotatable bonds is 4. The van der Waals surface area contributed by atoms with E-state index < -0.39 is 0 Å². The van der Waals surface area contributed by atoms with Gasteiger partial charge in [0.2, 0.25) is 0 Å². The van der Waals surface area contributed by atoms with E-state index in [1.54, 1.807) is 0 Å². The van der Waals surface area contributed by atoms with Crippen LogP contribution in [0, 0.1) is 0 Å². The molecule has 0 saturated carbocycles. The SMILES string of the molecule is C=C=C=C=C=C=C=C=CCCCCC. The van der Waals surface area contributed by atoms with E-state index in [1.807, 2.05) is 6.08 Å². The van der Waals surface area contributed by atoms with Crippen molar-refractivity contribution in [2.45, 2.75) is 32.6 Å². The van der Waals surface area contributed by atoms with E-state index in [4.69, 9.17) is 0 Å². The lowest BCUT2D eigenvalue weighted by atomic mass is 10.2. The average molecular weight is 182 g/mol. The minimum Gasteiger partial charge on any atom is -0.0687 e. The van der Waals surface area contributed by atoms with Crippen molar-refractivity contribution in [3.8, 4) is 0 Å². The van der Waals surface area contributed by atoms with Crippen molar-refractivity contribution in [3.63, 3.8) is 0 Å². The highest BCUT2D eigenvalue weighted by Crippen LogP contribution is 1.97. The van der Waals surface area contributed by atoms with Gasteiger partial charge in [0.25, 0.3) is 0 Å². The Balaban J connectivity index is 4.23. The molecule has 70 valence electrons. The Morgan fingerprint density at radius 3 is 2.43 bits per heavy atom. The van der Waals surface area contributed by atoms with E-state index in [-0.39, 0.29) is 0 Å². The maximum absolute atomic E-state index is 3.33. The van der Waals surface area contributed by atoms with Gasteiger partial charge in [0.15, 0.2) is 0 Å². The van der Waals surface area contributed by atoms with Crippen LogP contribution in [0.1, 0.15) is 32.6 Å². The minimum atomic E-state index is 1.05. The molecule has 0 aliphatic carbocycles. The van der Waals surface area contributed by atoms with Gasteiger partial charge in [0.1, 0.15) is 0 Å². The monoisotopic (exact) mass is 182 g/mol. The van der Waals surface area contributed by atoms with Crippen LogP contribution in [0.2, 0.25) is 0 Å². The highest BCUT2D eigenvalue weighted by Gasteiger charge is 1.78. The molecule has 14 heavy (non-hydrogen) atoms. The second-order valence-electron chi connectivity index (χ2n) is 2.65. The lowest BCUT2D eigenvalue weighted by Crippen LogP contribution is -1.68. The van der Waals surface area contributed by atoms with Gasteiger partial charge in [-0.15, -0.1) is 0 Å². The van der Waals surface area contributed by atoms with Crippen LogP contribution in [0.4, 0.5) is 0 Å². The molecule has 0 unspecified atom stereocenters. The lowest BCUT2D eigenvalue weighted by molar-refractivity contribution is 0.729. The molecule has 0 atom stereocenters. The lowest BCUT2D eigenvalue weighted by Gasteiger charge is -1.87. The topological polar surface area (TPSA) is 0 Å². The molecule has 0 aromatic rings. The van der Waals surface area contributed by atoms with E-state index in [1.165, 1.54) is 19.3 Å². The van der Waals surface area contributed by atoms with Gasteiger partial charge in [0.05, 0.1) is 0 Å². The Labute approximate surface area is 86.0 Å². The number of hydrogen-bond acceptors (Lipinski definition) is 0. The summed E-state index contributed by atoms with van der Waals surface area (Å²) in [7, 11) is 0. The van der Waals surface area contributed by atoms with Gasteiger partial charge in [-0.25, -0.2) is 0 Å². The van der Waals surface area contributed by atoms with Crippen molar-refractivity contribution < 1.29 is 0 Å². The maximum atomic E-state index is 3.33. The Morgan fingerprint density at radius 2 is 1.71 bits per heavy atom. The predicted molar refractivity (Wildman–Crippen MR) is 58.9 cm³/mol. The molecule has 0 aromatic carbocycles. The Bertz CT molecular complexity index is 395. The Morgan fingerprint density at radius 1 is 1.00 bits per heavy atom. The van der Waals surface area contributed by atoms with Gasteiger partial charge in [0, 0.05) is 0 Å². The largest absolute Gasteiger partial charge is 0.0687 e. The molecule has 0 fully saturated rings. The third-order valence-electron chi connectivity index (χ3n) is 1.46. The summed E-state index contributed by atoms with van der Waals surface area (Å²) in [6.07, 6.45) is 6.73. The Hall–Kier alpha value is -1.80. The molecule has 0 amide bonds. The van der Waals surface area contributed by atoms with Crippen LogP contribution in [0.25, 0.3) is 0 Å². The molecule has 0 heteroatoms. The molecule has 0 nitrogen and oxygen atoms in total. The highest BCUT2D eigenvalue weighted by atomic mass is 13.8. The molecule has 0 bridgehead atoms. The van der Waals surface area contributed by atoms with Crippen molar-refractivity contribution in [1.82, 2.24) is 0 Å². The smallest absolute Gasteiger partial charge is 0.0000447 e. The van der Waals surface area contributed by atoms with Gasteiger partial charge in [-0.1, -0.05) is 31.2 Å². The molecule has 0 aliphatic rings. The quantitative estimate of drug-likeness (QED) is 0.457. The van der Waals surface area contributed by atoms with Crippen molar-refractivity contribution in [2.24, 2.45) is 0 Å². The van der Waals surface area contributed by atoms with Crippen molar-refractivity contribution in [1.29, 1.82) is 0 Å². The van der Waals surface area contributed by atoms with Gasteiger partial charge in [-0.2, -0.15) is 0 Å². The third kappa shape index (κ3) is 10.2. The number of unbranched alkanes of at least 4 members (excludes halogenated alkanes) is 3. The predicted octanol–water partition coefficient (Wildman–Crippen LogP) is 3.84. The van der Waals surface area contributed by atoms with Crippen molar-refractivity contribution >= 4 is 0 Å². The fourth-order valence-corrected chi connectivity index (χ4v) is 0.794. The maximum Gasteiger partial charge on any atom is -0.0000447 e. The first-order chi connectivity index (χ1) is 6.91. The fourth-order valence-electron chi connectivity index (χ4n) is 0.794. The van der Waals surface area contributed by atoms with E-state index in [0.717, 1.165) is 6.42 Å². The first-order valence-corrected chi connectivity index (χ1v) is 4.76. The zero-order chi connectivity index (χ0) is 10.5. The summed E-state index contributed by atoms with van der Waals surface area (Å²) in [5.41, 5.74) is 18.3. The first kappa shape index (κ1) is 12.2. The molecular weight excluding hydrogens is 168 g/mol. The zero-order valence-electron chi connectivity index (χ0n) is 8.61. The molecule has 0 rings (SSSR count). The van der Waals surface area contributed by atoms with Gasteiger partial charge >= 0.3 is 0 Å². The molecule has 0 spiro atoms. The van der Waals surface area contributed by atoms with Crippen LogP contribution in [0.15, 0.2) is 52.8 Å². The van der Waals surface area contributed by atoms with E-state index in [9.17, 15) is 0 Å². The summed E-state index contributed by atoms with van der Waals surface area (Å²) in [4.78, 5) is 0. The summed E-state index contributed by atoms with van der Waals surface area (Å²) in [6.45, 7) is 5.51. The van der Waals surface area contributed by atoms with E-state index in [0.29, 0.717) is 0 Å². The second kappa shape index (κ2) is 11.2. The van der Waals surface area contributed by atoms with Crippen molar-refractivity contribution in [3.05, 3.63) is 52.8 Å². The van der Waals surface area contributed by atoms with Crippen LogP contribution >= 0.6 is 0 Å². The van der Waals surface area contributed by atoms with E-state index >= 15 is 0 Å². The third-order valence-corrected chi connectivity index (χ3v) is 1.46.